The van der Waals surface area contributed by atoms with Crippen molar-refractivity contribution >= 4 is 27.5 Å². The number of carbonyl (C=O) groups is 1. The van der Waals surface area contributed by atoms with Crippen LogP contribution in [0, 0.1) is 5.82 Å². The highest BCUT2D eigenvalue weighted by atomic mass is 35.5. The maximum Gasteiger partial charge on any atom is 0.266 e. The number of nitrogens with one attached hydrogen (secondary N) is 2. The normalized spacial score (nSPS) is 11.4. The lowest BCUT2D eigenvalue weighted by Crippen LogP contribution is -2.41. The Morgan fingerprint density at radius 1 is 1.16 bits per heavy atom. The van der Waals surface area contributed by atoms with Crippen molar-refractivity contribution in [1.82, 2.24) is 10.3 Å². The van der Waals surface area contributed by atoms with Crippen LogP contribution in [-0.4, -0.2) is 20.4 Å². The SMILES string of the molecule is CC(C)Oc1ccc(C(=O)NNS(=O)(=O)c2ccc(F)c(Cl)c2)cc1. The Morgan fingerprint density at radius 3 is 2.36 bits per heavy atom. The van der Waals surface area contributed by atoms with Gasteiger partial charge >= 0.3 is 0 Å². The number of ether oxygens (including phenoxy) is 1. The minimum Gasteiger partial charge on any atom is -0.491 e. The molecule has 0 spiro atoms. The van der Waals surface area contributed by atoms with Gasteiger partial charge in [-0.1, -0.05) is 11.6 Å². The quantitative estimate of drug-likeness (QED) is 0.747. The van der Waals surface area contributed by atoms with Crippen LogP contribution in [0.15, 0.2) is 47.4 Å². The van der Waals surface area contributed by atoms with Gasteiger partial charge in [-0.15, -0.1) is 4.83 Å². The van der Waals surface area contributed by atoms with E-state index in [1.54, 1.807) is 12.1 Å². The van der Waals surface area contributed by atoms with Gasteiger partial charge in [-0.05, 0) is 56.3 Å². The molecule has 0 saturated heterocycles. The van der Waals surface area contributed by atoms with Gasteiger partial charge in [-0.2, -0.15) is 0 Å². The summed E-state index contributed by atoms with van der Waals surface area (Å²) in [5, 5.41) is -0.338. The molecule has 2 aromatic carbocycles. The molecule has 6 nitrogen and oxygen atoms in total. The van der Waals surface area contributed by atoms with Gasteiger partial charge in [0.05, 0.1) is 16.0 Å². The first kappa shape index (κ1) is 19.2. The third-order valence-electron chi connectivity index (χ3n) is 2.99. The van der Waals surface area contributed by atoms with E-state index in [2.05, 4.69) is 5.43 Å². The molecular formula is C16H16ClFN2O4S. The van der Waals surface area contributed by atoms with E-state index >= 15 is 0 Å². The number of hydrogen-bond donors (Lipinski definition) is 2. The minimum absolute atomic E-state index is 0.00554. The summed E-state index contributed by atoms with van der Waals surface area (Å²) >= 11 is 5.56. The van der Waals surface area contributed by atoms with Crippen LogP contribution in [0.25, 0.3) is 0 Å². The number of hydrazine groups is 1. The highest BCUT2D eigenvalue weighted by molar-refractivity contribution is 7.89. The number of carbonyl (C=O) groups excluding carboxylic acids is 1. The van der Waals surface area contributed by atoms with Crippen LogP contribution in [0.3, 0.4) is 0 Å². The van der Waals surface area contributed by atoms with Crippen molar-refractivity contribution in [3.63, 3.8) is 0 Å². The lowest BCUT2D eigenvalue weighted by Gasteiger charge is -2.11. The first-order valence-corrected chi connectivity index (χ1v) is 9.09. The van der Waals surface area contributed by atoms with Crippen LogP contribution in [0.4, 0.5) is 4.39 Å². The minimum atomic E-state index is -4.08. The van der Waals surface area contributed by atoms with E-state index in [-0.39, 0.29) is 21.6 Å². The van der Waals surface area contributed by atoms with Crippen molar-refractivity contribution in [2.45, 2.75) is 24.8 Å². The molecule has 0 fully saturated rings. The van der Waals surface area contributed by atoms with Crippen LogP contribution in [0.2, 0.25) is 5.02 Å². The van der Waals surface area contributed by atoms with Crippen LogP contribution in [0.1, 0.15) is 24.2 Å². The van der Waals surface area contributed by atoms with Gasteiger partial charge in [0.1, 0.15) is 11.6 Å². The van der Waals surface area contributed by atoms with Crippen molar-refractivity contribution in [2.24, 2.45) is 0 Å². The van der Waals surface area contributed by atoms with E-state index in [4.69, 9.17) is 16.3 Å². The van der Waals surface area contributed by atoms with Crippen molar-refractivity contribution in [3.05, 3.63) is 58.9 Å². The van der Waals surface area contributed by atoms with Crippen LogP contribution < -0.4 is 15.0 Å². The first-order chi connectivity index (χ1) is 11.7. The molecule has 0 bridgehead atoms. The number of hydrogen-bond acceptors (Lipinski definition) is 4. The summed E-state index contributed by atoms with van der Waals surface area (Å²) in [5.74, 6) is -0.811. The van der Waals surface area contributed by atoms with Crippen LogP contribution >= 0.6 is 11.6 Å². The standard InChI is InChI=1S/C16H16ClFN2O4S/c1-10(2)24-12-5-3-11(4-6-12)16(21)19-20-25(22,23)13-7-8-15(18)14(17)9-13/h3-10,20H,1-2H3,(H,19,21). The monoisotopic (exact) mass is 386 g/mol. The summed E-state index contributed by atoms with van der Waals surface area (Å²) in [6, 6.07) is 9.10. The second-order valence-electron chi connectivity index (χ2n) is 5.33. The molecule has 0 atom stereocenters. The lowest BCUT2D eigenvalue weighted by molar-refractivity contribution is 0.0945. The molecule has 9 heteroatoms. The van der Waals surface area contributed by atoms with Crippen LogP contribution in [-0.2, 0) is 10.0 Å². The van der Waals surface area contributed by atoms with E-state index in [1.807, 2.05) is 18.7 Å². The van der Waals surface area contributed by atoms with Gasteiger partial charge in [0.2, 0.25) is 0 Å². The van der Waals surface area contributed by atoms with E-state index in [1.165, 1.54) is 12.1 Å². The average molecular weight is 387 g/mol. The second-order valence-corrected chi connectivity index (χ2v) is 7.42. The van der Waals surface area contributed by atoms with E-state index in [9.17, 15) is 17.6 Å². The molecule has 0 aliphatic carbocycles. The Bertz CT molecular complexity index is 870. The van der Waals surface area contributed by atoms with Crippen LogP contribution in [0.5, 0.6) is 5.75 Å². The third-order valence-corrected chi connectivity index (χ3v) is 4.52. The fourth-order valence-electron chi connectivity index (χ4n) is 1.85. The van der Waals surface area contributed by atoms with Gasteiger partial charge < -0.3 is 4.74 Å². The molecule has 134 valence electrons. The average Bonchev–Trinajstić information content (AvgIpc) is 2.55. The molecule has 25 heavy (non-hydrogen) atoms. The van der Waals surface area contributed by atoms with Gasteiger partial charge in [-0.3, -0.25) is 10.2 Å². The van der Waals surface area contributed by atoms with E-state index in [0.29, 0.717) is 5.75 Å². The number of benzene rings is 2. The molecule has 2 rings (SSSR count). The topological polar surface area (TPSA) is 84.5 Å². The smallest absolute Gasteiger partial charge is 0.266 e. The summed E-state index contributed by atoms with van der Waals surface area (Å²) in [6.07, 6.45) is -0.00554. The molecule has 0 heterocycles. The summed E-state index contributed by atoms with van der Waals surface area (Å²) in [7, 11) is -4.08. The first-order valence-electron chi connectivity index (χ1n) is 7.23. The van der Waals surface area contributed by atoms with Gasteiger partial charge in [0, 0.05) is 5.56 Å². The molecule has 0 radical (unpaired) electrons. The number of rotatable bonds is 6. The zero-order valence-electron chi connectivity index (χ0n) is 13.4. The molecule has 2 N–H and O–H groups in total. The molecular weight excluding hydrogens is 371 g/mol. The number of sulfonamides is 1. The van der Waals surface area contributed by atoms with Gasteiger partial charge in [0.25, 0.3) is 15.9 Å². The molecule has 0 saturated carbocycles. The molecule has 0 unspecified atom stereocenters. The number of amides is 1. The Balaban J connectivity index is 2.04. The lowest BCUT2D eigenvalue weighted by atomic mass is 10.2. The van der Waals surface area contributed by atoms with Gasteiger partial charge in [-0.25, -0.2) is 12.8 Å². The predicted molar refractivity (Wildman–Crippen MR) is 91.4 cm³/mol. The largest absolute Gasteiger partial charge is 0.491 e. The molecule has 2 aromatic rings. The maximum absolute atomic E-state index is 13.1. The predicted octanol–water partition coefficient (Wildman–Crippen LogP) is 2.89. The van der Waals surface area contributed by atoms with Crippen molar-refractivity contribution in [2.75, 3.05) is 0 Å². The summed E-state index contributed by atoms with van der Waals surface area (Å²) in [6.45, 7) is 3.74. The van der Waals surface area contributed by atoms with Crippen molar-refractivity contribution in [1.29, 1.82) is 0 Å². The maximum atomic E-state index is 13.1. The van der Waals surface area contributed by atoms with E-state index in [0.717, 1.165) is 18.2 Å². The van der Waals surface area contributed by atoms with Gasteiger partial charge in [0.15, 0.2) is 0 Å². The van der Waals surface area contributed by atoms with Crippen molar-refractivity contribution < 1.29 is 22.3 Å². The highest BCUT2D eigenvalue weighted by Crippen LogP contribution is 2.19. The molecule has 0 aliphatic rings. The second kappa shape index (κ2) is 7.81. The van der Waals surface area contributed by atoms with Crippen molar-refractivity contribution in [3.8, 4) is 5.75 Å². The van der Waals surface area contributed by atoms with E-state index < -0.39 is 21.7 Å². The Labute approximate surface area is 150 Å². The summed E-state index contributed by atoms with van der Waals surface area (Å²) < 4.78 is 42.7. The molecule has 0 aromatic heterocycles. The Morgan fingerprint density at radius 2 is 1.80 bits per heavy atom. The Hall–Kier alpha value is -2.16. The molecule has 0 aliphatic heterocycles. The summed E-state index contributed by atoms with van der Waals surface area (Å²) in [4.78, 5) is 13.7. The fraction of sp³-hybridized carbons (Fsp3) is 0.188. The zero-order valence-corrected chi connectivity index (χ0v) is 15.0. The summed E-state index contributed by atoms with van der Waals surface area (Å²) in [5.41, 5.74) is 2.31. The zero-order chi connectivity index (χ0) is 18.6. The highest BCUT2D eigenvalue weighted by Gasteiger charge is 2.17. The third kappa shape index (κ3) is 5.15. The molecule has 1 amide bonds. The Kier molecular flexibility index (Phi) is 5.99. The fourth-order valence-corrected chi connectivity index (χ4v) is 2.96. The number of halogens is 2.